The quantitative estimate of drug-likeness (QED) is 0.483. The molecule has 1 fully saturated rings. The zero-order valence-electron chi connectivity index (χ0n) is 5.01. The van der Waals surface area contributed by atoms with Crippen LogP contribution in [0, 0.1) is 11.8 Å². The van der Waals surface area contributed by atoms with E-state index in [2.05, 4.69) is 11.2 Å². The van der Waals surface area contributed by atoms with Crippen molar-refractivity contribution < 1.29 is 0 Å². The molecule has 1 unspecified atom stereocenters. The van der Waals surface area contributed by atoms with Crippen LogP contribution in [0.15, 0.2) is 4.99 Å². The van der Waals surface area contributed by atoms with Gasteiger partial charge in [-0.2, -0.15) is 0 Å². The van der Waals surface area contributed by atoms with Crippen molar-refractivity contribution in [2.45, 2.75) is 19.3 Å². The van der Waals surface area contributed by atoms with Gasteiger partial charge in [0.2, 0.25) is 0 Å². The van der Waals surface area contributed by atoms with Gasteiger partial charge in [0.25, 0.3) is 0 Å². The molecule has 0 spiro atoms. The van der Waals surface area contributed by atoms with Crippen LogP contribution in [-0.4, -0.2) is 12.8 Å². The molecule has 2 aliphatic rings. The van der Waals surface area contributed by atoms with Gasteiger partial charge in [-0.1, -0.05) is 0 Å². The summed E-state index contributed by atoms with van der Waals surface area (Å²) < 4.78 is 0. The van der Waals surface area contributed by atoms with Crippen LogP contribution in [0.1, 0.15) is 19.3 Å². The molecule has 8 heavy (non-hydrogen) atoms. The third-order valence-corrected chi connectivity index (χ3v) is 2.17. The van der Waals surface area contributed by atoms with E-state index in [0.29, 0.717) is 0 Å². The summed E-state index contributed by atoms with van der Waals surface area (Å²) >= 11 is 0. The summed E-state index contributed by atoms with van der Waals surface area (Å²) in [6.45, 7) is 1.13. The molecule has 1 aliphatic carbocycles. The van der Waals surface area contributed by atoms with Gasteiger partial charge in [0.05, 0.1) is 0 Å². The van der Waals surface area contributed by atoms with E-state index in [9.17, 15) is 0 Å². The maximum absolute atomic E-state index is 4.20. The van der Waals surface area contributed by atoms with Gasteiger partial charge in [-0.25, -0.2) is 0 Å². The zero-order chi connectivity index (χ0) is 5.40. The van der Waals surface area contributed by atoms with Crippen LogP contribution in [0.5, 0.6) is 0 Å². The van der Waals surface area contributed by atoms with Gasteiger partial charge in [-0.05, 0) is 37.3 Å². The molecule has 44 valence electrons. The predicted molar refractivity (Wildman–Crippen MR) is 34.2 cm³/mol. The van der Waals surface area contributed by atoms with Crippen LogP contribution in [0.2, 0.25) is 0 Å². The molecule has 2 rings (SSSR count). The molecular formula is C7H11N. The first-order valence-corrected chi connectivity index (χ1v) is 3.45. The average Bonchev–Trinajstić information content (AvgIpc) is 2.49. The maximum Gasteiger partial charge on any atom is 0.0419 e. The molecule has 0 saturated heterocycles. The predicted octanol–water partition coefficient (Wildman–Crippen LogP) is 1.49. The van der Waals surface area contributed by atoms with Crippen molar-refractivity contribution in [1.29, 1.82) is 0 Å². The molecule has 1 atom stereocenters. The van der Waals surface area contributed by atoms with E-state index in [-0.39, 0.29) is 0 Å². The van der Waals surface area contributed by atoms with Crippen molar-refractivity contribution >= 4 is 6.21 Å². The summed E-state index contributed by atoms with van der Waals surface area (Å²) in [5.74, 6) is 2.02. The number of hydrogen-bond acceptors (Lipinski definition) is 1. The smallest absolute Gasteiger partial charge is 0.0419 e. The summed E-state index contributed by atoms with van der Waals surface area (Å²) in [4.78, 5) is 4.20. The molecule has 1 heterocycles. The largest absolute Gasteiger partial charge is 0.297 e. The minimum atomic E-state index is 0.954. The Morgan fingerprint density at radius 1 is 1.25 bits per heavy atom. The van der Waals surface area contributed by atoms with Crippen LogP contribution in [0.25, 0.3) is 0 Å². The molecule has 0 radical (unpaired) electrons. The van der Waals surface area contributed by atoms with Crippen molar-refractivity contribution in [3.63, 3.8) is 0 Å². The maximum atomic E-state index is 4.20. The van der Waals surface area contributed by atoms with Crippen molar-refractivity contribution in [2.75, 3.05) is 6.54 Å². The highest BCUT2D eigenvalue weighted by molar-refractivity contribution is 5.60. The molecule has 1 aliphatic heterocycles. The fraction of sp³-hybridized carbons (Fsp3) is 0.857. The minimum absolute atomic E-state index is 0.954. The number of hydrogen-bond donors (Lipinski definition) is 0. The van der Waals surface area contributed by atoms with Crippen molar-refractivity contribution in [1.82, 2.24) is 0 Å². The molecule has 0 N–H and O–H groups in total. The van der Waals surface area contributed by atoms with E-state index in [4.69, 9.17) is 0 Å². The van der Waals surface area contributed by atoms with Gasteiger partial charge >= 0.3 is 0 Å². The Kier molecular flexibility index (Phi) is 0.893. The number of nitrogens with zero attached hydrogens (tertiary/aromatic N) is 1. The van der Waals surface area contributed by atoms with E-state index in [1.54, 1.807) is 0 Å². The SMILES string of the molecule is C1=NCC(C2CC2)C1. The lowest BCUT2D eigenvalue weighted by atomic mass is 10.0. The Morgan fingerprint density at radius 2 is 2.12 bits per heavy atom. The highest BCUT2D eigenvalue weighted by atomic mass is 14.8. The van der Waals surface area contributed by atoms with E-state index in [0.717, 1.165) is 18.4 Å². The molecule has 0 aromatic carbocycles. The highest BCUT2D eigenvalue weighted by Crippen LogP contribution is 2.39. The topological polar surface area (TPSA) is 12.4 Å². The van der Waals surface area contributed by atoms with Gasteiger partial charge in [-0.3, -0.25) is 4.99 Å². The van der Waals surface area contributed by atoms with Gasteiger partial charge in [0, 0.05) is 6.54 Å². The van der Waals surface area contributed by atoms with Crippen LogP contribution < -0.4 is 0 Å². The Balaban J connectivity index is 1.90. The molecular weight excluding hydrogens is 98.1 g/mol. The first-order valence-electron chi connectivity index (χ1n) is 3.45. The lowest BCUT2D eigenvalue weighted by Gasteiger charge is -2.01. The van der Waals surface area contributed by atoms with Crippen molar-refractivity contribution in [3.8, 4) is 0 Å². The Morgan fingerprint density at radius 3 is 2.62 bits per heavy atom. The molecule has 1 heteroatoms. The third kappa shape index (κ3) is 0.662. The third-order valence-electron chi connectivity index (χ3n) is 2.17. The summed E-state index contributed by atoms with van der Waals surface area (Å²) in [6.07, 6.45) is 6.32. The van der Waals surface area contributed by atoms with Gasteiger partial charge in [-0.15, -0.1) is 0 Å². The van der Waals surface area contributed by atoms with Gasteiger partial charge in [0.1, 0.15) is 0 Å². The van der Waals surface area contributed by atoms with Crippen LogP contribution >= 0.6 is 0 Å². The Bertz CT molecular complexity index is 106. The van der Waals surface area contributed by atoms with Gasteiger partial charge in [0.15, 0.2) is 0 Å². The van der Waals surface area contributed by atoms with E-state index in [1.165, 1.54) is 19.3 Å². The molecule has 1 saturated carbocycles. The fourth-order valence-electron chi connectivity index (χ4n) is 1.40. The lowest BCUT2D eigenvalue weighted by molar-refractivity contribution is 0.519. The first kappa shape index (κ1) is 4.54. The monoisotopic (exact) mass is 109 g/mol. The van der Waals surface area contributed by atoms with E-state index in [1.807, 2.05) is 0 Å². The lowest BCUT2D eigenvalue weighted by Crippen LogP contribution is -2.00. The normalized spacial score (nSPS) is 36.2. The second-order valence-corrected chi connectivity index (χ2v) is 2.88. The molecule has 0 aromatic heterocycles. The summed E-state index contributed by atoms with van der Waals surface area (Å²) in [5.41, 5.74) is 0. The number of rotatable bonds is 1. The molecule has 1 nitrogen and oxygen atoms in total. The second-order valence-electron chi connectivity index (χ2n) is 2.88. The highest BCUT2D eigenvalue weighted by Gasteiger charge is 2.31. The Hall–Kier alpha value is -0.330. The van der Waals surface area contributed by atoms with E-state index >= 15 is 0 Å². The Labute approximate surface area is 49.8 Å². The average molecular weight is 109 g/mol. The molecule has 0 bridgehead atoms. The standard InChI is InChI=1S/C7H11N/c1-2-6(1)7-3-4-8-5-7/h4,6-7H,1-3,5H2. The molecule has 0 amide bonds. The van der Waals surface area contributed by atoms with Gasteiger partial charge < -0.3 is 0 Å². The van der Waals surface area contributed by atoms with Crippen LogP contribution in [0.4, 0.5) is 0 Å². The first-order chi connectivity index (χ1) is 3.97. The molecule has 0 aromatic rings. The van der Waals surface area contributed by atoms with Crippen LogP contribution in [-0.2, 0) is 0 Å². The summed E-state index contributed by atoms with van der Waals surface area (Å²) in [7, 11) is 0. The second kappa shape index (κ2) is 1.57. The zero-order valence-corrected chi connectivity index (χ0v) is 5.01. The van der Waals surface area contributed by atoms with E-state index < -0.39 is 0 Å². The number of aliphatic imine (C=N–C) groups is 1. The fourth-order valence-corrected chi connectivity index (χ4v) is 1.40. The summed E-state index contributed by atoms with van der Waals surface area (Å²) in [6, 6.07) is 0. The van der Waals surface area contributed by atoms with Crippen molar-refractivity contribution in [3.05, 3.63) is 0 Å². The summed E-state index contributed by atoms with van der Waals surface area (Å²) in [5, 5.41) is 0. The minimum Gasteiger partial charge on any atom is -0.297 e. The van der Waals surface area contributed by atoms with Crippen LogP contribution in [0.3, 0.4) is 0 Å². The van der Waals surface area contributed by atoms with Crippen molar-refractivity contribution in [2.24, 2.45) is 16.8 Å².